The van der Waals surface area contributed by atoms with E-state index in [0.29, 0.717) is 0 Å². The Bertz CT molecular complexity index is 4730. The second-order valence-electron chi connectivity index (χ2n) is 23.6. The average molecular weight is 1200 g/mol. The quantitative estimate of drug-likeness (QED) is 0.0960. The Kier molecular flexibility index (Phi) is 16.4. The second-order valence-corrected chi connectivity index (χ2v) is 23.6. The van der Waals surface area contributed by atoms with Crippen LogP contribution in [0.3, 0.4) is 0 Å². The van der Waals surface area contributed by atoms with E-state index in [0.717, 1.165) is 156 Å². The van der Waals surface area contributed by atoms with Crippen LogP contribution < -0.4 is 9.47 Å². The summed E-state index contributed by atoms with van der Waals surface area (Å²) in [5, 5.41) is 0. The molecule has 0 saturated heterocycles. The first-order chi connectivity index (χ1) is 46.6. The molecule has 0 saturated carbocycles. The lowest BCUT2D eigenvalue weighted by molar-refractivity contribution is 0.415. The molecule has 0 spiro atoms. The first-order valence-corrected chi connectivity index (χ1v) is 32.1. The Morgan fingerprint density at radius 3 is 0.351 bits per heavy atom. The van der Waals surface area contributed by atoms with Crippen LogP contribution in [-0.4, -0.2) is 14.2 Å². The van der Waals surface area contributed by atoms with Gasteiger partial charge in [-0.15, -0.1) is 0 Å². The van der Waals surface area contributed by atoms with E-state index in [2.05, 4.69) is 340 Å². The maximum absolute atomic E-state index is 5.60. The van der Waals surface area contributed by atoms with Gasteiger partial charge in [0.2, 0.25) is 0 Å². The maximum Gasteiger partial charge on any atom is 0.118 e. The van der Waals surface area contributed by atoms with Crippen LogP contribution in [0.15, 0.2) is 364 Å². The van der Waals surface area contributed by atoms with Crippen molar-refractivity contribution in [3.8, 4) is 167 Å². The highest BCUT2D eigenvalue weighted by atomic mass is 16.5. The summed E-state index contributed by atoms with van der Waals surface area (Å²) in [6, 6.07) is 133. The lowest BCUT2D eigenvalue weighted by Gasteiger charge is -2.30. The van der Waals surface area contributed by atoms with Crippen LogP contribution in [0.25, 0.3) is 156 Å². The van der Waals surface area contributed by atoms with Gasteiger partial charge in [-0.25, -0.2) is 0 Å². The van der Waals surface area contributed by atoms with Crippen molar-refractivity contribution in [2.24, 2.45) is 0 Å². The van der Waals surface area contributed by atoms with Crippen LogP contribution in [0.4, 0.5) is 0 Å². The van der Waals surface area contributed by atoms with Gasteiger partial charge in [0.1, 0.15) is 11.5 Å². The summed E-state index contributed by atoms with van der Waals surface area (Å²) < 4.78 is 11.2. The summed E-state index contributed by atoms with van der Waals surface area (Å²) in [6.07, 6.45) is 0. The van der Waals surface area contributed by atoms with Gasteiger partial charge in [-0.3, -0.25) is 0 Å². The summed E-state index contributed by atoms with van der Waals surface area (Å²) in [7, 11) is 3.43. The highest BCUT2D eigenvalue weighted by molar-refractivity contribution is 6.17. The Balaban J connectivity index is 1.08. The SMILES string of the molecule is COc1ccc(-c2ccc(-c3c(-c4ccccc4)c(-c4ccccc4)c(-c4ccccc4)c(-c4ccccc4)c3-c3ccc(-c4c(-c5ccccc5)c(-c5ccccc5)c(-c5ccccc5)c(-c5ccccc5)c4-c4ccc(-c5ccc(OC)cc5)cc4)cc3)cc2)cc1. The normalized spacial score (nSPS) is 11.1. The van der Waals surface area contributed by atoms with E-state index < -0.39 is 0 Å². The van der Waals surface area contributed by atoms with Gasteiger partial charge in [0, 0.05) is 0 Å². The van der Waals surface area contributed by atoms with E-state index in [1.165, 1.54) is 11.1 Å². The standard InChI is InChI=1S/C92H66O2/c1-93-79-59-55-65(56-60-79)63-43-47-75(48-44-63)89-85(71-35-19-7-20-36-71)81(67-27-11-3-12-28-67)83(69-31-15-5-16-32-69)87(73-39-23-9-24-40-73)91(89)77-51-53-78(54-52-77)92-88(74-41-25-10-26-42-74)84(70-33-17-6-18-34-70)82(68-29-13-4-14-30-68)86(72-37-21-8-22-38-72)90(92)76-49-45-64(46-50-76)66-57-61-80(94-2)62-58-66/h3-62H,1-2H3. The minimum Gasteiger partial charge on any atom is -0.497 e. The smallest absolute Gasteiger partial charge is 0.118 e. The van der Waals surface area contributed by atoms with Crippen molar-refractivity contribution < 1.29 is 9.47 Å². The summed E-state index contributed by atoms with van der Waals surface area (Å²) >= 11 is 0. The predicted octanol–water partition coefficient (Wildman–Crippen LogP) is 25.0. The van der Waals surface area contributed by atoms with Crippen LogP contribution in [0.1, 0.15) is 0 Å². The van der Waals surface area contributed by atoms with Gasteiger partial charge in [-0.2, -0.15) is 0 Å². The average Bonchev–Trinajstić information content (AvgIpc) is 0.724. The van der Waals surface area contributed by atoms with E-state index in [-0.39, 0.29) is 0 Å². The molecule has 0 aliphatic rings. The zero-order valence-electron chi connectivity index (χ0n) is 52.5. The van der Waals surface area contributed by atoms with Crippen LogP contribution in [0.2, 0.25) is 0 Å². The summed E-state index contributed by atoms with van der Waals surface area (Å²) in [4.78, 5) is 0. The van der Waals surface area contributed by atoms with E-state index in [1.54, 1.807) is 14.2 Å². The molecular weight excluding hydrogens is 1140 g/mol. The molecule has 0 bridgehead atoms. The van der Waals surface area contributed by atoms with Crippen molar-refractivity contribution in [3.63, 3.8) is 0 Å². The molecule has 0 aromatic heterocycles. The minimum atomic E-state index is 0.827. The number of rotatable bonds is 16. The lowest BCUT2D eigenvalue weighted by atomic mass is 9.73. The number of hydrogen-bond donors (Lipinski definition) is 0. The van der Waals surface area contributed by atoms with Crippen molar-refractivity contribution in [1.29, 1.82) is 0 Å². The van der Waals surface area contributed by atoms with Crippen molar-refractivity contribution in [1.82, 2.24) is 0 Å². The van der Waals surface area contributed by atoms with Gasteiger partial charge in [-0.05, 0) is 180 Å². The Hall–Kier alpha value is -12.1. The third-order valence-electron chi connectivity index (χ3n) is 18.2. The van der Waals surface area contributed by atoms with Crippen LogP contribution in [0, 0.1) is 0 Å². The van der Waals surface area contributed by atoms with E-state index >= 15 is 0 Å². The van der Waals surface area contributed by atoms with Gasteiger partial charge < -0.3 is 9.47 Å². The molecule has 0 radical (unpaired) electrons. The summed E-state index contributed by atoms with van der Waals surface area (Å²) in [5.74, 6) is 1.65. The van der Waals surface area contributed by atoms with Crippen LogP contribution >= 0.6 is 0 Å². The number of ether oxygens (including phenoxy) is 2. The Labute approximate surface area is 551 Å². The molecule has 0 heterocycles. The molecule has 0 N–H and O–H groups in total. The monoisotopic (exact) mass is 1200 g/mol. The van der Waals surface area contributed by atoms with Gasteiger partial charge in [0.15, 0.2) is 0 Å². The largest absolute Gasteiger partial charge is 0.497 e. The van der Waals surface area contributed by atoms with Gasteiger partial charge in [0.05, 0.1) is 14.2 Å². The molecule has 0 unspecified atom stereocenters. The van der Waals surface area contributed by atoms with E-state index in [4.69, 9.17) is 9.47 Å². The third kappa shape index (κ3) is 11.3. The first-order valence-electron chi connectivity index (χ1n) is 32.1. The van der Waals surface area contributed by atoms with Gasteiger partial charge >= 0.3 is 0 Å². The molecule has 446 valence electrons. The molecule has 15 aromatic rings. The van der Waals surface area contributed by atoms with Crippen molar-refractivity contribution >= 4 is 0 Å². The van der Waals surface area contributed by atoms with Gasteiger partial charge in [-0.1, -0.05) is 340 Å². The number of benzene rings is 15. The number of methoxy groups -OCH3 is 2. The second kappa shape index (κ2) is 26.4. The Morgan fingerprint density at radius 2 is 0.223 bits per heavy atom. The zero-order chi connectivity index (χ0) is 63.2. The van der Waals surface area contributed by atoms with Crippen molar-refractivity contribution in [2.75, 3.05) is 14.2 Å². The fraction of sp³-hybridized carbons (Fsp3) is 0.0217. The predicted molar refractivity (Wildman–Crippen MR) is 396 cm³/mol. The fourth-order valence-corrected chi connectivity index (χ4v) is 13.8. The third-order valence-corrected chi connectivity index (χ3v) is 18.2. The number of hydrogen-bond acceptors (Lipinski definition) is 2. The summed E-state index contributed by atoms with van der Waals surface area (Å²) in [6.45, 7) is 0. The van der Waals surface area contributed by atoms with E-state index in [1.807, 2.05) is 24.3 Å². The fourth-order valence-electron chi connectivity index (χ4n) is 13.8. The molecule has 15 aromatic carbocycles. The lowest BCUT2D eigenvalue weighted by Crippen LogP contribution is -2.03. The minimum absolute atomic E-state index is 0.827. The molecule has 15 rings (SSSR count). The van der Waals surface area contributed by atoms with Crippen molar-refractivity contribution in [2.45, 2.75) is 0 Å². The first kappa shape index (κ1) is 58.3. The highest BCUT2D eigenvalue weighted by Crippen LogP contribution is 2.59. The molecule has 0 fully saturated rings. The molecular formula is C92H66O2. The maximum atomic E-state index is 5.60. The van der Waals surface area contributed by atoms with Crippen LogP contribution in [0.5, 0.6) is 11.5 Å². The molecule has 2 heteroatoms. The van der Waals surface area contributed by atoms with E-state index in [9.17, 15) is 0 Å². The molecule has 2 nitrogen and oxygen atoms in total. The Morgan fingerprint density at radius 1 is 0.117 bits per heavy atom. The van der Waals surface area contributed by atoms with Crippen molar-refractivity contribution in [3.05, 3.63) is 364 Å². The van der Waals surface area contributed by atoms with Crippen LogP contribution in [-0.2, 0) is 0 Å². The summed E-state index contributed by atoms with van der Waals surface area (Å²) in [5.41, 5.74) is 31.7. The van der Waals surface area contributed by atoms with Gasteiger partial charge in [0.25, 0.3) is 0 Å². The molecule has 0 aliphatic heterocycles. The zero-order valence-corrected chi connectivity index (χ0v) is 52.5. The molecule has 0 aliphatic carbocycles. The highest BCUT2D eigenvalue weighted by Gasteiger charge is 2.32. The topological polar surface area (TPSA) is 18.5 Å². The molecule has 0 atom stereocenters. The molecule has 0 amide bonds. The molecule has 94 heavy (non-hydrogen) atoms.